The normalized spacial score (nSPS) is 16.9. The van der Waals surface area contributed by atoms with Crippen LogP contribution in [0, 0.1) is 5.92 Å². The fourth-order valence-electron chi connectivity index (χ4n) is 3.25. The first kappa shape index (κ1) is 16.5. The maximum absolute atomic E-state index is 5.22. The standard InChI is InChI=1S/C19H26N2OS/c1-14(2)12-21-10-8-16(9-11-21)19-20-18(13-23-19)15-4-6-17(22-3)7-5-15/h4-7,13-14,16H,8-12H2,1-3H3. The van der Waals surface area contributed by atoms with Crippen LogP contribution in [0.1, 0.15) is 37.6 Å². The van der Waals surface area contributed by atoms with Crippen molar-refractivity contribution in [3.05, 3.63) is 34.7 Å². The molecule has 2 aromatic rings. The molecule has 1 aliphatic rings. The van der Waals surface area contributed by atoms with Crippen molar-refractivity contribution in [3.63, 3.8) is 0 Å². The van der Waals surface area contributed by atoms with Crippen LogP contribution in [0.25, 0.3) is 11.3 Å². The molecule has 3 rings (SSSR count). The Bertz CT molecular complexity index is 613. The Labute approximate surface area is 143 Å². The minimum Gasteiger partial charge on any atom is -0.497 e. The first-order valence-corrected chi connectivity index (χ1v) is 9.36. The first-order valence-electron chi connectivity index (χ1n) is 8.48. The number of rotatable bonds is 5. The molecule has 2 heterocycles. The van der Waals surface area contributed by atoms with Crippen molar-refractivity contribution in [2.45, 2.75) is 32.6 Å². The molecule has 1 aromatic heterocycles. The summed E-state index contributed by atoms with van der Waals surface area (Å²) < 4.78 is 5.22. The van der Waals surface area contributed by atoms with E-state index in [2.05, 4.69) is 36.3 Å². The van der Waals surface area contributed by atoms with Crippen molar-refractivity contribution in [3.8, 4) is 17.0 Å². The molecule has 4 heteroatoms. The van der Waals surface area contributed by atoms with E-state index in [9.17, 15) is 0 Å². The first-order chi connectivity index (χ1) is 11.2. The van der Waals surface area contributed by atoms with Crippen LogP contribution >= 0.6 is 11.3 Å². The van der Waals surface area contributed by atoms with E-state index in [0.717, 1.165) is 17.4 Å². The minimum absolute atomic E-state index is 0.635. The second-order valence-corrected chi connectivity index (χ2v) is 7.66. The van der Waals surface area contributed by atoms with Crippen molar-refractivity contribution < 1.29 is 4.74 Å². The van der Waals surface area contributed by atoms with E-state index >= 15 is 0 Å². The number of likely N-dealkylation sites (tertiary alicyclic amines) is 1. The van der Waals surface area contributed by atoms with Crippen LogP contribution in [-0.2, 0) is 0 Å². The van der Waals surface area contributed by atoms with E-state index in [1.165, 1.54) is 43.0 Å². The topological polar surface area (TPSA) is 25.4 Å². The molecule has 0 bridgehead atoms. The Hall–Kier alpha value is -1.39. The summed E-state index contributed by atoms with van der Waals surface area (Å²) in [4.78, 5) is 7.50. The number of methoxy groups -OCH3 is 1. The number of benzene rings is 1. The summed E-state index contributed by atoms with van der Waals surface area (Å²) in [5.74, 6) is 2.28. The summed E-state index contributed by atoms with van der Waals surface area (Å²) >= 11 is 1.82. The number of thiazole rings is 1. The third kappa shape index (κ3) is 4.12. The molecule has 1 fully saturated rings. The third-order valence-corrected chi connectivity index (χ3v) is 5.48. The van der Waals surface area contributed by atoms with Gasteiger partial charge in [0.2, 0.25) is 0 Å². The second-order valence-electron chi connectivity index (χ2n) is 6.77. The van der Waals surface area contributed by atoms with Gasteiger partial charge < -0.3 is 9.64 Å². The quantitative estimate of drug-likeness (QED) is 0.797. The molecule has 3 nitrogen and oxygen atoms in total. The van der Waals surface area contributed by atoms with Gasteiger partial charge in [-0.05, 0) is 56.1 Å². The Kier molecular flexibility index (Phi) is 5.34. The number of aromatic nitrogens is 1. The Morgan fingerprint density at radius 2 is 1.91 bits per heavy atom. The van der Waals surface area contributed by atoms with Gasteiger partial charge >= 0.3 is 0 Å². The summed E-state index contributed by atoms with van der Waals surface area (Å²) in [5.41, 5.74) is 2.27. The molecule has 124 valence electrons. The number of piperidine rings is 1. The lowest BCUT2D eigenvalue weighted by atomic mass is 9.97. The van der Waals surface area contributed by atoms with Crippen molar-refractivity contribution in [1.82, 2.24) is 9.88 Å². The van der Waals surface area contributed by atoms with Gasteiger partial charge in [-0.1, -0.05) is 13.8 Å². The molecule has 0 amide bonds. The van der Waals surface area contributed by atoms with Crippen LogP contribution in [0.5, 0.6) is 5.75 Å². The van der Waals surface area contributed by atoms with Gasteiger partial charge in [-0.25, -0.2) is 4.98 Å². The molecule has 1 aliphatic heterocycles. The van der Waals surface area contributed by atoms with Gasteiger partial charge in [-0.15, -0.1) is 11.3 Å². The zero-order valence-electron chi connectivity index (χ0n) is 14.3. The highest BCUT2D eigenvalue weighted by Crippen LogP contribution is 2.33. The van der Waals surface area contributed by atoms with Gasteiger partial charge in [0.25, 0.3) is 0 Å². The van der Waals surface area contributed by atoms with E-state index in [1.54, 1.807) is 7.11 Å². The predicted octanol–water partition coefficient (Wildman–Crippen LogP) is 4.65. The van der Waals surface area contributed by atoms with Crippen LogP contribution in [0.2, 0.25) is 0 Å². The maximum atomic E-state index is 5.22. The lowest BCUT2D eigenvalue weighted by Gasteiger charge is -2.32. The van der Waals surface area contributed by atoms with Gasteiger partial charge in [-0.2, -0.15) is 0 Å². The van der Waals surface area contributed by atoms with E-state index in [4.69, 9.17) is 9.72 Å². The highest BCUT2D eigenvalue weighted by atomic mass is 32.1. The molecular weight excluding hydrogens is 304 g/mol. The maximum Gasteiger partial charge on any atom is 0.118 e. The molecule has 23 heavy (non-hydrogen) atoms. The van der Waals surface area contributed by atoms with E-state index < -0.39 is 0 Å². The van der Waals surface area contributed by atoms with Crippen LogP contribution in [0.15, 0.2) is 29.6 Å². The monoisotopic (exact) mass is 330 g/mol. The average molecular weight is 330 g/mol. The summed E-state index contributed by atoms with van der Waals surface area (Å²) in [6.45, 7) is 8.24. The lowest BCUT2D eigenvalue weighted by Crippen LogP contribution is -2.35. The van der Waals surface area contributed by atoms with Crippen molar-refractivity contribution >= 4 is 11.3 Å². The number of ether oxygens (including phenoxy) is 1. The molecule has 0 unspecified atom stereocenters. The predicted molar refractivity (Wildman–Crippen MR) is 97.4 cm³/mol. The Morgan fingerprint density at radius 1 is 1.22 bits per heavy atom. The molecule has 0 saturated carbocycles. The number of hydrogen-bond donors (Lipinski definition) is 0. The fraction of sp³-hybridized carbons (Fsp3) is 0.526. The van der Waals surface area contributed by atoms with Gasteiger partial charge in [-0.3, -0.25) is 0 Å². The van der Waals surface area contributed by atoms with E-state index in [0.29, 0.717) is 5.92 Å². The molecule has 0 radical (unpaired) electrons. The summed E-state index contributed by atoms with van der Waals surface area (Å²) in [5, 5.41) is 3.50. The van der Waals surface area contributed by atoms with E-state index in [1.807, 2.05) is 23.5 Å². The van der Waals surface area contributed by atoms with Crippen LogP contribution < -0.4 is 4.74 Å². The van der Waals surface area contributed by atoms with Crippen molar-refractivity contribution in [2.75, 3.05) is 26.7 Å². The molecule has 1 saturated heterocycles. The van der Waals surface area contributed by atoms with Gasteiger partial charge in [0, 0.05) is 23.4 Å². The zero-order chi connectivity index (χ0) is 16.2. The zero-order valence-corrected chi connectivity index (χ0v) is 15.1. The largest absolute Gasteiger partial charge is 0.497 e. The lowest BCUT2D eigenvalue weighted by molar-refractivity contribution is 0.192. The average Bonchev–Trinajstić information content (AvgIpc) is 3.05. The Balaban J connectivity index is 1.63. The molecule has 0 aliphatic carbocycles. The van der Waals surface area contributed by atoms with Crippen molar-refractivity contribution in [1.29, 1.82) is 0 Å². The third-order valence-electron chi connectivity index (χ3n) is 4.47. The van der Waals surface area contributed by atoms with Crippen LogP contribution in [-0.4, -0.2) is 36.6 Å². The van der Waals surface area contributed by atoms with Gasteiger partial charge in [0.1, 0.15) is 5.75 Å². The Morgan fingerprint density at radius 3 is 2.52 bits per heavy atom. The fourth-order valence-corrected chi connectivity index (χ4v) is 4.25. The number of hydrogen-bond acceptors (Lipinski definition) is 4. The highest BCUT2D eigenvalue weighted by molar-refractivity contribution is 7.10. The molecular formula is C19H26N2OS. The van der Waals surface area contributed by atoms with Gasteiger partial charge in [0.05, 0.1) is 17.8 Å². The van der Waals surface area contributed by atoms with Crippen molar-refractivity contribution in [2.24, 2.45) is 5.92 Å². The second kappa shape index (κ2) is 7.45. The SMILES string of the molecule is COc1ccc(-c2csc(C3CCN(CC(C)C)CC3)n2)cc1. The van der Waals surface area contributed by atoms with E-state index in [-0.39, 0.29) is 0 Å². The minimum atomic E-state index is 0.635. The summed E-state index contributed by atoms with van der Waals surface area (Å²) in [6.07, 6.45) is 2.48. The highest BCUT2D eigenvalue weighted by Gasteiger charge is 2.23. The van der Waals surface area contributed by atoms with Crippen LogP contribution in [0.3, 0.4) is 0 Å². The van der Waals surface area contributed by atoms with Crippen LogP contribution in [0.4, 0.5) is 0 Å². The summed E-state index contributed by atoms with van der Waals surface area (Å²) in [6, 6.07) is 8.17. The smallest absolute Gasteiger partial charge is 0.118 e. The molecule has 0 spiro atoms. The molecule has 0 atom stereocenters. The number of nitrogens with zero attached hydrogens (tertiary/aromatic N) is 2. The molecule has 1 aromatic carbocycles. The van der Waals surface area contributed by atoms with Gasteiger partial charge in [0.15, 0.2) is 0 Å². The molecule has 0 N–H and O–H groups in total. The summed E-state index contributed by atoms with van der Waals surface area (Å²) in [7, 11) is 1.70.